The average Bonchev–Trinajstić information content (AvgIpc) is 2.64. The number of benzene rings is 2. The van der Waals surface area contributed by atoms with Crippen molar-refractivity contribution in [3.8, 4) is 0 Å². The van der Waals surface area contributed by atoms with Crippen molar-refractivity contribution >= 4 is 40.2 Å². The summed E-state index contributed by atoms with van der Waals surface area (Å²) in [6.07, 6.45) is -0.963. The second-order valence-electron chi connectivity index (χ2n) is 6.14. The Bertz CT molecular complexity index is 1020. The molecule has 0 saturated heterocycles. The van der Waals surface area contributed by atoms with Gasteiger partial charge in [-0.15, -0.1) is 0 Å². The first kappa shape index (κ1) is 18.8. The number of carbonyl (C=O) groups excluding carboxylic acids is 2. The molecule has 7 heteroatoms. The number of carbonyl (C=O) groups is 2. The van der Waals surface area contributed by atoms with Crippen LogP contribution >= 0.6 is 11.6 Å². The Morgan fingerprint density at radius 2 is 1.63 bits per heavy atom. The quantitative estimate of drug-likeness (QED) is 0.686. The van der Waals surface area contributed by atoms with Gasteiger partial charge >= 0.3 is 5.97 Å². The summed E-state index contributed by atoms with van der Waals surface area (Å²) in [4.78, 5) is 33.5. The van der Waals surface area contributed by atoms with E-state index >= 15 is 0 Å². The van der Waals surface area contributed by atoms with Crippen LogP contribution in [0.4, 0.5) is 5.69 Å². The number of ether oxygens (including phenoxy) is 1. The van der Waals surface area contributed by atoms with Gasteiger partial charge in [0.2, 0.25) is 0 Å². The van der Waals surface area contributed by atoms with Gasteiger partial charge in [-0.3, -0.25) is 4.79 Å². The fourth-order valence-electron chi connectivity index (χ4n) is 2.42. The van der Waals surface area contributed by atoms with Gasteiger partial charge in [-0.1, -0.05) is 11.6 Å². The van der Waals surface area contributed by atoms with Gasteiger partial charge in [-0.25, -0.2) is 14.8 Å². The number of fused-ring (bicyclic) bond motifs is 1. The summed E-state index contributed by atoms with van der Waals surface area (Å²) in [5.41, 5.74) is 3.81. The van der Waals surface area contributed by atoms with E-state index < -0.39 is 18.0 Å². The fourth-order valence-corrected chi connectivity index (χ4v) is 2.54. The summed E-state index contributed by atoms with van der Waals surface area (Å²) in [5, 5.41) is 3.24. The number of halogens is 1. The monoisotopic (exact) mass is 383 g/mol. The van der Waals surface area contributed by atoms with Crippen LogP contribution in [0.3, 0.4) is 0 Å². The van der Waals surface area contributed by atoms with Gasteiger partial charge in [0, 0.05) is 10.7 Å². The molecular weight excluding hydrogens is 366 g/mol. The van der Waals surface area contributed by atoms with E-state index in [4.69, 9.17) is 16.3 Å². The zero-order valence-electron chi connectivity index (χ0n) is 15.1. The van der Waals surface area contributed by atoms with Crippen molar-refractivity contribution in [1.29, 1.82) is 0 Å². The maximum absolute atomic E-state index is 12.4. The minimum absolute atomic E-state index is 0.311. The van der Waals surface area contributed by atoms with Crippen molar-refractivity contribution in [2.24, 2.45) is 0 Å². The van der Waals surface area contributed by atoms with Crippen LogP contribution in [0, 0.1) is 13.8 Å². The third kappa shape index (κ3) is 4.41. The summed E-state index contributed by atoms with van der Waals surface area (Å²) in [6.45, 7) is 5.25. The predicted molar refractivity (Wildman–Crippen MR) is 104 cm³/mol. The van der Waals surface area contributed by atoms with Crippen LogP contribution in [0.2, 0.25) is 5.02 Å². The first-order valence-corrected chi connectivity index (χ1v) is 8.73. The van der Waals surface area contributed by atoms with Crippen LogP contribution in [0.15, 0.2) is 42.5 Å². The third-order valence-electron chi connectivity index (χ3n) is 4.08. The maximum atomic E-state index is 12.4. The Balaban J connectivity index is 1.70. The fraction of sp³-hybridized carbons (Fsp3) is 0.200. The first-order valence-electron chi connectivity index (χ1n) is 8.36. The minimum atomic E-state index is -0.963. The Morgan fingerprint density at radius 1 is 1.00 bits per heavy atom. The highest BCUT2D eigenvalue weighted by Crippen LogP contribution is 2.17. The second-order valence-corrected chi connectivity index (χ2v) is 6.58. The molecule has 3 aromatic rings. The smallest absolute Gasteiger partial charge is 0.338 e. The number of nitrogens with one attached hydrogen (secondary N) is 1. The molecule has 3 rings (SSSR count). The molecule has 1 atom stereocenters. The molecule has 0 aliphatic heterocycles. The van der Waals surface area contributed by atoms with Crippen molar-refractivity contribution in [3.63, 3.8) is 0 Å². The van der Waals surface area contributed by atoms with E-state index in [-0.39, 0.29) is 0 Å². The van der Waals surface area contributed by atoms with Crippen molar-refractivity contribution in [1.82, 2.24) is 9.97 Å². The number of nitrogens with zero attached hydrogens (tertiary/aromatic N) is 2. The van der Waals surface area contributed by atoms with E-state index in [0.29, 0.717) is 27.3 Å². The molecule has 0 fully saturated rings. The Labute approximate surface area is 161 Å². The van der Waals surface area contributed by atoms with E-state index in [0.717, 1.165) is 11.4 Å². The van der Waals surface area contributed by atoms with Crippen molar-refractivity contribution in [2.45, 2.75) is 26.9 Å². The van der Waals surface area contributed by atoms with Crippen molar-refractivity contribution in [2.75, 3.05) is 5.32 Å². The molecule has 0 saturated carbocycles. The molecule has 0 radical (unpaired) electrons. The number of esters is 1. The molecule has 0 unspecified atom stereocenters. The highest BCUT2D eigenvalue weighted by molar-refractivity contribution is 6.30. The lowest BCUT2D eigenvalue weighted by Gasteiger charge is -2.14. The number of amides is 1. The van der Waals surface area contributed by atoms with Crippen LogP contribution in [0.5, 0.6) is 0 Å². The van der Waals surface area contributed by atoms with Crippen LogP contribution in [-0.4, -0.2) is 27.9 Å². The molecule has 0 bridgehead atoms. The van der Waals surface area contributed by atoms with E-state index in [1.807, 2.05) is 13.8 Å². The summed E-state index contributed by atoms with van der Waals surface area (Å²) >= 11 is 5.82. The Morgan fingerprint density at radius 3 is 2.30 bits per heavy atom. The molecule has 138 valence electrons. The van der Waals surface area contributed by atoms with E-state index in [1.54, 1.807) is 42.5 Å². The van der Waals surface area contributed by atoms with Gasteiger partial charge in [0.05, 0.1) is 28.0 Å². The lowest BCUT2D eigenvalue weighted by Crippen LogP contribution is -2.30. The van der Waals surface area contributed by atoms with E-state index in [2.05, 4.69) is 15.3 Å². The molecule has 0 spiro atoms. The number of hydrogen-bond acceptors (Lipinski definition) is 5. The number of anilines is 1. The van der Waals surface area contributed by atoms with Crippen LogP contribution in [0.25, 0.3) is 11.0 Å². The molecular formula is C20H18ClN3O3. The van der Waals surface area contributed by atoms with Gasteiger partial charge in [0.25, 0.3) is 5.91 Å². The summed E-state index contributed by atoms with van der Waals surface area (Å²) in [5.74, 6) is -1.03. The number of aryl methyl sites for hydroxylation is 2. The van der Waals surface area contributed by atoms with Gasteiger partial charge in [0.15, 0.2) is 6.10 Å². The Hall–Kier alpha value is -2.99. The molecule has 2 aromatic carbocycles. The number of hydrogen-bond donors (Lipinski definition) is 1. The molecule has 1 heterocycles. The molecule has 27 heavy (non-hydrogen) atoms. The van der Waals surface area contributed by atoms with Crippen LogP contribution in [0.1, 0.15) is 28.7 Å². The zero-order valence-corrected chi connectivity index (χ0v) is 15.9. The van der Waals surface area contributed by atoms with Crippen LogP contribution in [-0.2, 0) is 9.53 Å². The lowest BCUT2D eigenvalue weighted by atomic mass is 10.2. The second kappa shape index (κ2) is 7.72. The topological polar surface area (TPSA) is 81.2 Å². The summed E-state index contributed by atoms with van der Waals surface area (Å²) in [7, 11) is 0. The van der Waals surface area contributed by atoms with Crippen molar-refractivity contribution < 1.29 is 14.3 Å². The van der Waals surface area contributed by atoms with E-state index in [1.165, 1.54) is 6.92 Å². The summed E-state index contributed by atoms with van der Waals surface area (Å²) < 4.78 is 5.27. The van der Waals surface area contributed by atoms with Gasteiger partial charge in [-0.05, 0) is 63.2 Å². The molecule has 6 nitrogen and oxygen atoms in total. The first-order chi connectivity index (χ1) is 12.8. The van der Waals surface area contributed by atoms with Crippen LogP contribution < -0.4 is 5.32 Å². The number of rotatable bonds is 4. The standard InChI is InChI=1S/C20H18ClN3O3/c1-11-12(2)23-18-10-14(4-9-17(18)22-11)20(26)27-13(3)19(25)24-16-7-5-15(21)6-8-16/h4-10,13H,1-3H3,(H,24,25)/t13-/m0/s1. The van der Waals surface area contributed by atoms with E-state index in [9.17, 15) is 9.59 Å². The molecule has 1 amide bonds. The molecule has 1 N–H and O–H groups in total. The zero-order chi connectivity index (χ0) is 19.6. The van der Waals surface area contributed by atoms with Crippen molar-refractivity contribution in [3.05, 3.63) is 64.4 Å². The molecule has 0 aliphatic carbocycles. The third-order valence-corrected chi connectivity index (χ3v) is 4.33. The predicted octanol–water partition coefficient (Wildman–Crippen LogP) is 4.08. The molecule has 0 aliphatic rings. The Kier molecular flexibility index (Phi) is 5.37. The van der Waals surface area contributed by atoms with Gasteiger partial charge in [0.1, 0.15) is 0 Å². The minimum Gasteiger partial charge on any atom is -0.449 e. The van der Waals surface area contributed by atoms with Gasteiger partial charge < -0.3 is 10.1 Å². The maximum Gasteiger partial charge on any atom is 0.338 e. The lowest BCUT2D eigenvalue weighted by molar-refractivity contribution is -0.123. The highest BCUT2D eigenvalue weighted by Gasteiger charge is 2.19. The SMILES string of the molecule is Cc1nc2ccc(C(=O)O[C@@H](C)C(=O)Nc3ccc(Cl)cc3)cc2nc1C. The van der Waals surface area contributed by atoms with Gasteiger partial charge in [-0.2, -0.15) is 0 Å². The highest BCUT2D eigenvalue weighted by atomic mass is 35.5. The summed E-state index contributed by atoms with van der Waals surface area (Å²) in [6, 6.07) is 11.6. The molecule has 1 aromatic heterocycles. The largest absolute Gasteiger partial charge is 0.449 e. The number of aromatic nitrogens is 2. The normalized spacial score (nSPS) is 11.9. The average molecular weight is 384 g/mol.